The highest BCUT2D eigenvalue weighted by Gasteiger charge is 2.27. The number of aromatic nitrogens is 2. The summed E-state index contributed by atoms with van der Waals surface area (Å²) < 4.78 is 52.8. The average Bonchev–Trinajstić information content (AvgIpc) is 2.98. The van der Waals surface area contributed by atoms with Crippen LogP contribution in [0, 0.1) is 6.92 Å². The Balaban J connectivity index is 1.59. The fourth-order valence-electron chi connectivity index (χ4n) is 3.57. The van der Waals surface area contributed by atoms with E-state index in [9.17, 15) is 16.8 Å². The smallest absolute Gasteiger partial charge is 0.240 e. The zero-order valence-electron chi connectivity index (χ0n) is 15.7. The second-order valence-electron chi connectivity index (χ2n) is 7.27. The van der Waals surface area contributed by atoms with Crippen molar-refractivity contribution < 1.29 is 16.8 Å². The third-order valence-electron chi connectivity index (χ3n) is 5.21. The molecule has 7 nitrogen and oxygen atoms in total. The van der Waals surface area contributed by atoms with E-state index in [1.54, 1.807) is 34.4 Å². The molecule has 29 heavy (non-hydrogen) atoms. The molecule has 0 unspecified atom stereocenters. The molecule has 0 amide bonds. The van der Waals surface area contributed by atoms with Crippen LogP contribution in [-0.2, 0) is 19.9 Å². The van der Waals surface area contributed by atoms with Gasteiger partial charge >= 0.3 is 0 Å². The van der Waals surface area contributed by atoms with Crippen molar-refractivity contribution in [3.63, 3.8) is 0 Å². The molecule has 1 saturated heterocycles. The van der Waals surface area contributed by atoms with Crippen LogP contribution in [0.4, 0.5) is 0 Å². The van der Waals surface area contributed by atoms with E-state index in [1.165, 1.54) is 0 Å². The lowest BCUT2D eigenvalue weighted by Gasteiger charge is -2.22. The summed E-state index contributed by atoms with van der Waals surface area (Å²) in [4.78, 5) is 4.51. The standard InChI is InChI=1S/C19H21N3O4S3/c1-13-12-18-17(6-9-20-19(18)22(13)27)14-2-4-16(5-3-14)29(25,26)21-15-7-10-28(23,24)11-8-15/h2-6,9,12,15,21,27H,7-8,10-11H2,1H3. The predicted molar refractivity (Wildman–Crippen MR) is 116 cm³/mol. The van der Waals surface area contributed by atoms with Gasteiger partial charge in [0.2, 0.25) is 10.0 Å². The molecule has 0 saturated carbocycles. The van der Waals surface area contributed by atoms with E-state index in [4.69, 9.17) is 0 Å². The number of fused-ring (bicyclic) bond motifs is 1. The minimum Gasteiger partial charge on any atom is -0.275 e. The summed E-state index contributed by atoms with van der Waals surface area (Å²) >= 11 is 4.43. The third kappa shape index (κ3) is 4.07. The zero-order valence-corrected chi connectivity index (χ0v) is 18.3. The van der Waals surface area contributed by atoms with Gasteiger partial charge in [-0.05, 0) is 55.2 Å². The van der Waals surface area contributed by atoms with Gasteiger partial charge in [-0.3, -0.25) is 3.97 Å². The van der Waals surface area contributed by atoms with Crippen molar-refractivity contribution in [1.82, 2.24) is 13.7 Å². The molecule has 3 aromatic rings. The quantitative estimate of drug-likeness (QED) is 0.594. The lowest BCUT2D eigenvalue weighted by Crippen LogP contribution is -2.40. The van der Waals surface area contributed by atoms with Gasteiger partial charge in [0.1, 0.15) is 9.84 Å². The lowest BCUT2D eigenvalue weighted by atomic mass is 10.0. The average molecular weight is 452 g/mol. The monoisotopic (exact) mass is 451 g/mol. The molecular formula is C19H21N3O4S3. The maximum Gasteiger partial charge on any atom is 0.240 e. The summed E-state index contributed by atoms with van der Waals surface area (Å²) in [6.45, 7) is 1.94. The van der Waals surface area contributed by atoms with Crippen LogP contribution in [0.25, 0.3) is 22.2 Å². The van der Waals surface area contributed by atoms with Crippen LogP contribution < -0.4 is 4.72 Å². The molecule has 1 aliphatic heterocycles. The van der Waals surface area contributed by atoms with Gasteiger partial charge in [0.05, 0.1) is 16.4 Å². The van der Waals surface area contributed by atoms with Crippen LogP contribution in [0.5, 0.6) is 0 Å². The topological polar surface area (TPSA) is 98.1 Å². The minimum absolute atomic E-state index is 0.0153. The first-order valence-electron chi connectivity index (χ1n) is 9.16. The Kier molecular flexibility index (Phi) is 5.22. The number of benzene rings is 1. The first-order valence-corrected chi connectivity index (χ1v) is 12.9. The number of hydrogen-bond acceptors (Lipinski definition) is 6. The Bertz CT molecular complexity index is 1270. The molecule has 0 bridgehead atoms. The predicted octanol–water partition coefficient (Wildman–Crippen LogP) is 2.56. The van der Waals surface area contributed by atoms with E-state index in [2.05, 4.69) is 22.5 Å². The third-order valence-corrected chi connectivity index (χ3v) is 8.97. The van der Waals surface area contributed by atoms with Gasteiger partial charge < -0.3 is 0 Å². The molecule has 4 rings (SSSR count). The number of rotatable bonds is 4. The number of hydrogen-bond donors (Lipinski definition) is 2. The largest absolute Gasteiger partial charge is 0.275 e. The Hall–Kier alpha value is -1.88. The highest BCUT2D eigenvalue weighted by molar-refractivity contribution is 7.91. The van der Waals surface area contributed by atoms with E-state index in [0.717, 1.165) is 27.9 Å². The zero-order chi connectivity index (χ0) is 20.8. The van der Waals surface area contributed by atoms with Gasteiger partial charge in [-0.1, -0.05) is 24.9 Å². The summed E-state index contributed by atoms with van der Waals surface area (Å²) in [7, 11) is -6.75. The molecule has 0 radical (unpaired) electrons. The number of nitrogens with one attached hydrogen (secondary N) is 1. The summed E-state index contributed by atoms with van der Waals surface area (Å²) in [6.07, 6.45) is 2.30. The van der Waals surface area contributed by atoms with E-state index < -0.39 is 19.9 Å². The second kappa shape index (κ2) is 7.42. The Morgan fingerprint density at radius 1 is 1.14 bits per heavy atom. The lowest BCUT2D eigenvalue weighted by molar-refractivity contribution is 0.505. The number of sulfonamides is 1. The molecule has 0 spiro atoms. The summed E-state index contributed by atoms with van der Waals surface area (Å²) in [6, 6.07) is 10.2. The number of sulfone groups is 1. The van der Waals surface area contributed by atoms with Crippen molar-refractivity contribution in [2.75, 3.05) is 11.5 Å². The SMILES string of the molecule is Cc1cc2c(-c3ccc(S(=O)(=O)NC4CCS(=O)(=O)CC4)cc3)ccnc2n1S. The summed E-state index contributed by atoms with van der Waals surface area (Å²) in [5, 5.41) is 0.942. The van der Waals surface area contributed by atoms with Crippen LogP contribution in [0.15, 0.2) is 47.5 Å². The normalized spacial score (nSPS) is 17.6. The van der Waals surface area contributed by atoms with Crippen molar-refractivity contribution in [1.29, 1.82) is 0 Å². The van der Waals surface area contributed by atoms with Crippen LogP contribution in [-0.4, -0.2) is 43.3 Å². The second-order valence-corrected chi connectivity index (χ2v) is 11.7. The van der Waals surface area contributed by atoms with Crippen molar-refractivity contribution in [2.45, 2.75) is 30.7 Å². The Labute approximate surface area is 175 Å². The number of nitrogens with zero attached hydrogens (tertiary/aromatic N) is 2. The highest BCUT2D eigenvalue weighted by atomic mass is 32.2. The van der Waals surface area contributed by atoms with Crippen LogP contribution >= 0.6 is 12.8 Å². The van der Waals surface area contributed by atoms with E-state index in [1.807, 2.05) is 19.1 Å². The van der Waals surface area contributed by atoms with Crippen LogP contribution in [0.3, 0.4) is 0 Å². The van der Waals surface area contributed by atoms with Gasteiger partial charge in [0.15, 0.2) is 5.65 Å². The van der Waals surface area contributed by atoms with E-state index >= 15 is 0 Å². The molecular weight excluding hydrogens is 430 g/mol. The fraction of sp³-hybridized carbons (Fsp3) is 0.316. The molecule has 1 aromatic carbocycles. The Morgan fingerprint density at radius 3 is 2.45 bits per heavy atom. The highest BCUT2D eigenvalue weighted by Crippen LogP contribution is 2.30. The van der Waals surface area contributed by atoms with Crippen LogP contribution in [0.1, 0.15) is 18.5 Å². The fourth-order valence-corrected chi connectivity index (χ4v) is 6.58. The molecule has 2 aromatic heterocycles. The molecule has 1 aliphatic rings. The molecule has 154 valence electrons. The van der Waals surface area contributed by atoms with Gasteiger partial charge in [-0.25, -0.2) is 26.5 Å². The van der Waals surface area contributed by atoms with E-state index in [0.29, 0.717) is 12.8 Å². The molecule has 1 fully saturated rings. The molecule has 10 heteroatoms. The Morgan fingerprint density at radius 2 is 1.79 bits per heavy atom. The maximum atomic E-state index is 12.7. The molecule has 0 atom stereocenters. The first kappa shape index (κ1) is 20.4. The first-order chi connectivity index (χ1) is 13.7. The van der Waals surface area contributed by atoms with Gasteiger partial charge in [-0.15, -0.1) is 0 Å². The molecule has 0 aliphatic carbocycles. The number of thiol groups is 1. The van der Waals surface area contributed by atoms with Gasteiger partial charge in [0, 0.05) is 23.3 Å². The van der Waals surface area contributed by atoms with Crippen LogP contribution in [0.2, 0.25) is 0 Å². The van der Waals surface area contributed by atoms with Crippen molar-refractivity contribution >= 4 is 43.7 Å². The van der Waals surface area contributed by atoms with Crippen molar-refractivity contribution in [2.24, 2.45) is 0 Å². The van der Waals surface area contributed by atoms with Crippen molar-refractivity contribution in [3.05, 3.63) is 48.3 Å². The minimum atomic E-state index is -3.71. The van der Waals surface area contributed by atoms with Crippen molar-refractivity contribution in [3.8, 4) is 11.1 Å². The van der Waals surface area contributed by atoms with Gasteiger partial charge in [0.25, 0.3) is 0 Å². The summed E-state index contributed by atoms with van der Waals surface area (Å²) in [5.41, 5.74) is 3.52. The molecule has 3 heterocycles. The van der Waals surface area contributed by atoms with Gasteiger partial charge in [-0.2, -0.15) is 0 Å². The van der Waals surface area contributed by atoms with E-state index in [-0.39, 0.29) is 22.4 Å². The number of aryl methyl sites for hydroxylation is 1. The number of pyridine rings is 1. The molecule has 1 N–H and O–H groups in total. The maximum absolute atomic E-state index is 12.7. The summed E-state index contributed by atoms with van der Waals surface area (Å²) in [5.74, 6) is 0.0305.